The van der Waals surface area contributed by atoms with Gasteiger partial charge in [0.2, 0.25) is 0 Å². The summed E-state index contributed by atoms with van der Waals surface area (Å²) in [6, 6.07) is 16.7. The molecule has 1 aliphatic rings. The quantitative estimate of drug-likeness (QED) is 0.0689. The van der Waals surface area contributed by atoms with Crippen molar-refractivity contribution in [3.8, 4) is 11.3 Å². The molecule has 20 nitrogen and oxygen atoms in total. The Balaban J connectivity index is 0.000000156. The van der Waals surface area contributed by atoms with Gasteiger partial charge in [0, 0.05) is 69.5 Å². The van der Waals surface area contributed by atoms with Gasteiger partial charge in [-0.05, 0) is 147 Å². The lowest BCUT2D eigenvalue weighted by atomic mass is 9.80. The summed E-state index contributed by atoms with van der Waals surface area (Å²) in [5.41, 5.74) is 2.04. The van der Waals surface area contributed by atoms with Crippen LogP contribution in [0.3, 0.4) is 0 Å². The lowest BCUT2D eigenvalue weighted by Crippen LogP contribution is -2.41. The summed E-state index contributed by atoms with van der Waals surface area (Å²) in [5, 5.41) is 24.6. The molecule has 1 saturated heterocycles. The van der Waals surface area contributed by atoms with Gasteiger partial charge in [-0.2, -0.15) is 0 Å². The molecule has 0 bridgehead atoms. The molecule has 9 rings (SSSR count). The SMILES string of the molecule is CC(C)(C)OC(=O)n1c2ccncc2c2ccc(-c3ccc([N+](=O)[O-])nc3)nc21.CC(C)(C)OC(=O)n1c2ccncc2c2ccc(Br)nc21.CC1(C)OB(c2ccc([N+](=O)[O-])nc2)OC1(C)C. The Bertz CT molecular complexity index is 3220. The molecule has 1 fully saturated rings. The van der Waals surface area contributed by atoms with Gasteiger partial charge in [-0.15, -0.1) is 0 Å². The van der Waals surface area contributed by atoms with Gasteiger partial charge in [0.05, 0.1) is 27.9 Å². The highest BCUT2D eigenvalue weighted by Crippen LogP contribution is 2.37. The Morgan fingerprint density at radius 1 is 0.632 bits per heavy atom. The van der Waals surface area contributed by atoms with Gasteiger partial charge in [0.15, 0.2) is 11.3 Å². The minimum absolute atomic E-state index is 0.185. The number of aromatic nitrogens is 8. The number of hydrogen-bond acceptors (Lipinski definition) is 16. The molecule has 0 unspecified atom stereocenters. The number of hydrogen-bond donors (Lipinski definition) is 0. The summed E-state index contributed by atoms with van der Waals surface area (Å²) < 4.78 is 26.3. The maximum Gasteiger partial charge on any atom is 0.498 e. The summed E-state index contributed by atoms with van der Waals surface area (Å²) in [7, 11) is -0.539. The van der Waals surface area contributed by atoms with E-state index in [9.17, 15) is 29.8 Å². The highest BCUT2D eigenvalue weighted by atomic mass is 79.9. The summed E-state index contributed by atoms with van der Waals surface area (Å²) >= 11 is 3.34. The topological polar surface area (TPSA) is 245 Å². The third kappa shape index (κ3) is 10.3. The number of carbonyl (C=O) groups excluding carboxylic acids is 2. The summed E-state index contributed by atoms with van der Waals surface area (Å²) in [5.74, 6) is -0.431. The summed E-state index contributed by atoms with van der Waals surface area (Å²) in [4.78, 5) is 70.6. The average molecular weight is 990 g/mol. The highest BCUT2D eigenvalue weighted by Gasteiger charge is 2.52. The van der Waals surface area contributed by atoms with Gasteiger partial charge in [-0.3, -0.25) is 9.97 Å². The molecule has 0 radical (unpaired) electrons. The lowest BCUT2D eigenvalue weighted by molar-refractivity contribution is -0.389. The number of halogens is 1. The molecular formula is C46H46BBrN10O10. The maximum atomic E-state index is 12.9. The normalized spacial score (nSPS) is 14.2. The Hall–Kier alpha value is -7.30. The van der Waals surface area contributed by atoms with E-state index < -0.39 is 51.6 Å². The van der Waals surface area contributed by atoms with Crippen LogP contribution in [0.4, 0.5) is 21.2 Å². The predicted molar refractivity (Wildman–Crippen MR) is 258 cm³/mol. The number of ether oxygens (including phenoxy) is 2. The second-order valence-corrected chi connectivity index (χ2v) is 19.3. The molecule has 0 amide bonds. The van der Waals surface area contributed by atoms with Crippen LogP contribution in [0.15, 0.2) is 102 Å². The largest absolute Gasteiger partial charge is 0.498 e. The van der Waals surface area contributed by atoms with E-state index in [0.717, 1.165) is 27.1 Å². The van der Waals surface area contributed by atoms with Gasteiger partial charge in [-0.25, -0.2) is 28.7 Å². The Labute approximate surface area is 397 Å². The van der Waals surface area contributed by atoms with E-state index in [1.54, 1.807) is 75.9 Å². The first-order valence-electron chi connectivity index (χ1n) is 21.0. The van der Waals surface area contributed by atoms with Crippen molar-refractivity contribution in [2.45, 2.75) is 91.6 Å². The molecule has 0 N–H and O–H groups in total. The van der Waals surface area contributed by atoms with Crippen LogP contribution in [0, 0.1) is 20.2 Å². The second kappa shape index (κ2) is 18.4. The number of nitro groups is 2. The third-order valence-electron chi connectivity index (χ3n) is 10.7. The zero-order valence-electron chi connectivity index (χ0n) is 38.7. The Kier molecular flexibility index (Phi) is 13.2. The van der Waals surface area contributed by atoms with E-state index in [0.29, 0.717) is 38.1 Å². The van der Waals surface area contributed by atoms with Crippen molar-refractivity contribution in [2.24, 2.45) is 0 Å². The molecule has 68 heavy (non-hydrogen) atoms. The van der Waals surface area contributed by atoms with Crippen LogP contribution < -0.4 is 5.46 Å². The van der Waals surface area contributed by atoms with Crippen LogP contribution in [0.2, 0.25) is 0 Å². The molecule has 8 aromatic rings. The van der Waals surface area contributed by atoms with Crippen molar-refractivity contribution < 1.29 is 38.2 Å². The van der Waals surface area contributed by atoms with Crippen molar-refractivity contribution in [3.05, 3.63) is 123 Å². The molecule has 1 aliphatic heterocycles. The minimum Gasteiger partial charge on any atom is -0.443 e. The Morgan fingerprint density at radius 2 is 1.10 bits per heavy atom. The van der Waals surface area contributed by atoms with E-state index in [-0.39, 0.29) is 11.6 Å². The molecule has 0 atom stereocenters. The number of fused-ring (bicyclic) bond motifs is 6. The molecule has 8 aromatic heterocycles. The van der Waals surface area contributed by atoms with Crippen LogP contribution >= 0.6 is 15.9 Å². The number of rotatable bonds is 4. The van der Waals surface area contributed by atoms with E-state index in [1.165, 1.54) is 33.7 Å². The smallest absolute Gasteiger partial charge is 0.443 e. The van der Waals surface area contributed by atoms with E-state index in [4.69, 9.17) is 18.8 Å². The van der Waals surface area contributed by atoms with Crippen LogP contribution in [0.25, 0.3) is 55.1 Å². The van der Waals surface area contributed by atoms with Crippen molar-refractivity contribution in [1.82, 2.24) is 39.0 Å². The fraction of sp³-hybridized carbons (Fsp3) is 0.304. The molecule has 0 aliphatic carbocycles. The van der Waals surface area contributed by atoms with Crippen LogP contribution in [0.1, 0.15) is 69.2 Å². The first-order valence-corrected chi connectivity index (χ1v) is 21.8. The molecule has 0 saturated carbocycles. The summed E-state index contributed by atoms with van der Waals surface area (Å²) in [6.07, 6.45) is 8.46. The van der Waals surface area contributed by atoms with Gasteiger partial charge in [0.1, 0.15) is 28.2 Å². The van der Waals surface area contributed by atoms with E-state index in [2.05, 4.69) is 45.8 Å². The van der Waals surface area contributed by atoms with Crippen molar-refractivity contribution in [3.63, 3.8) is 0 Å². The van der Waals surface area contributed by atoms with E-state index in [1.807, 2.05) is 66.7 Å². The Morgan fingerprint density at radius 3 is 1.54 bits per heavy atom. The van der Waals surface area contributed by atoms with Gasteiger partial charge < -0.3 is 39.0 Å². The minimum atomic E-state index is -0.674. The van der Waals surface area contributed by atoms with Gasteiger partial charge >= 0.3 is 30.9 Å². The average Bonchev–Trinajstić information content (AvgIpc) is 3.85. The van der Waals surface area contributed by atoms with Gasteiger partial charge in [-0.1, -0.05) is 6.07 Å². The number of nitrogens with zero attached hydrogens (tertiary/aromatic N) is 10. The molecule has 0 aromatic carbocycles. The standard InChI is InChI=1S/C20H17N5O4.C15H14BrN3O2.C11H15BN2O4/c1-20(2,3)29-19(26)24-16-8-9-21-11-14(16)13-5-6-15(23-18(13)24)12-4-7-17(22-10-12)25(27)28;1-15(2,3)21-14(20)19-11-6-7-17-8-10(11)9-4-5-12(16)18-13(9)19;1-10(2)11(3,4)18-12(17-10)8-5-6-9(13-7-8)14(15)16/h4-11H,1-3H3;4-8H,1-3H3;5-7H,1-4H3. The first-order chi connectivity index (χ1) is 31.8. The molecule has 0 spiro atoms. The van der Waals surface area contributed by atoms with Crippen molar-refractivity contribution >= 4 is 96.2 Å². The molecule has 350 valence electrons. The first kappa shape index (κ1) is 48.6. The molecule has 22 heteroatoms. The fourth-order valence-corrected chi connectivity index (χ4v) is 7.16. The highest BCUT2D eigenvalue weighted by molar-refractivity contribution is 9.10. The van der Waals surface area contributed by atoms with Crippen LogP contribution in [0.5, 0.6) is 0 Å². The number of pyridine rings is 6. The van der Waals surface area contributed by atoms with Crippen LogP contribution in [-0.4, -0.2) is 90.6 Å². The van der Waals surface area contributed by atoms with Crippen molar-refractivity contribution in [1.29, 1.82) is 0 Å². The zero-order valence-corrected chi connectivity index (χ0v) is 40.3. The monoisotopic (exact) mass is 988 g/mol. The molecular weight excluding hydrogens is 943 g/mol. The van der Waals surface area contributed by atoms with E-state index >= 15 is 0 Å². The predicted octanol–water partition coefficient (Wildman–Crippen LogP) is 9.76. The number of carbonyl (C=O) groups is 2. The lowest BCUT2D eigenvalue weighted by Gasteiger charge is -2.32. The van der Waals surface area contributed by atoms with Crippen molar-refractivity contribution in [2.75, 3.05) is 0 Å². The fourth-order valence-electron chi connectivity index (χ4n) is 6.86. The maximum absolute atomic E-state index is 12.9. The second-order valence-electron chi connectivity index (χ2n) is 18.4. The van der Waals surface area contributed by atoms with Gasteiger partial charge in [0.25, 0.3) is 0 Å². The third-order valence-corrected chi connectivity index (χ3v) is 11.1. The molecule has 9 heterocycles. The van der Waals surface area contributed by atoms with Crippen LogP contribution in [-0.2, 0) is 18.8 Å². The summed E-state index contributed by atoms with van der Waals surface area (Å²) in [6.45, 7) is 18.7. The zero-order chi connectivity index (χ0) is 49.5.